The Morgan fingerprint density at radius 3 is 2.35 bits per heavy atom. The first-order valence-electron chi connectivity index (χ1n) is 10.6. The van der Waals surface area contributed by atoms with Crippen LogP contribution < -0.4 is 4.72 Å². The fourth-order valence-electron chi connectivity index (χ4n) is 3.64. The van der Waals surface area contributed by atoms with Gasteiger partial charge in [-0.3, -0.25) is 4.79 Å². The van der Waals surface area contributed by atoms with Gasteiger partial charge in [-0.15, -0.1) is 0 Å². The van der Waals surface area contributed by atoms with Crippen LogP contribution in [0, 0.1) is 6.92 Å². The number of hydrogen-bond acceptors (Lipinski definition) is 4. The van der Waals surface area contributed by atoms with Crippen molar-refractivity contribution in [3.63, 3.8) is 0 Å². The molecule has 0 radical (unpaired) electrons. The lowest BCUT2D eigenvalue weighted by atomic mass is 10.0. The summed E-state index contributed by atoms with van der Waals surface area (Å²) in [7, 11) is -3.70. The molecule has 0 bridgehead atoms. The molecule has 1 aliphatic rings. The number of nitrogens with zero attached hydrogens (tertiary/aromatic N) is 1. The molecule has 1 fully saturated rings. The highest BCUT2D eigenvalue weighted by molar-refractivity contribution is 7.89. The summed E-state index contributed by atoms with van der Waals surface area (Å²) in [5.41, 5.74) is 1.73. The number of ether oxygens (including phenoxy) is 1. The number of carbonyl (C=O) groups excluding carboxylic acids is 1. The molecule has 0 spiro atoms. The van der Waals surface area contributed by atoms with Crippen molar-refractivity contribution in [2.75, 3.05) is 13.1 Å². The summed E-state index contributed by atoms with van der Waals surface area (Å²) in [6.45, 7) is 8.94. The second-order valence-electron chi connectivity index (χ2n) is 9.12. The first kappa shape index (κ1) is 23.4. The maximum absolute atomic E-state index is 13.1. The zero-order valence-corrected chi connectivity index (χ0v) is 19.5. The lowest BCUT2D eigenvalue weighted by Crippen LogP contribution is -2.41. The monoisotopic (exact) mass is 444 g/mol. The van der Waals surface area contributed by atoms with E-state index in [9.17, 15) is 13.2 Å². The highest BCUT2D eigenvalue weighted by Crippen LogP contribution is 2.22. The molecule has 0 unspecified atom stereocenters. The Morgan fingerprint density at radius 1 is 1.10 bits per heavy atom. The molecule has 0 aromatic heterocycles. The van der Waals surface area contributed by atoms with E-state index in [1.807, 2.05) is 37.3 Å². The summed E-state index contributed by atoms with van der Waals surface area (Å²) in [6, 6.07) is 14.8. The summed E-state index contributed by atoms with van der Waals surface area (Å²) in [4.78, 5) is 15.0. The van der Waals surface area contributed by atoms with Gasteiger partial charge >= 0.3 is 0 Å². The number of nitrogens with one attached hydrogen (secondary N) is 1. The molecule has 168 valence electrons. The first-order valence-corrected chi connectivity index (χ1v) is 12.1. The summed E-state index contributed by atoms with van der Waals surface area (Å²) in [6.07, 6.45) is 1.65. The second-order valence-corrected chi connectivity index (χ2v) is 10.8. The molecule has 0 atom stereocenters. The minimum absolute atomic E-state index is 0.109. The van der Waals surface area contributed by atoms with E-state index in [1.54, 1.807) is 37.8 Å². The number of benzene rings is 2. The molecule has 1 aliphatic heterocycles. The van der Waals surface area contributed by atoms with Crippen LogP contribution in [0.1, 0.15) is 55.1 Å². The third-order valence-corrected chi connectivity index (χ3v) is 7.00. The molecule has 0 aliphatic carbocycles. The highest BCUT2D eigenvalue weighted by atomic mass is 32.2. The molecule has 0 saturated carbocycles. The van der Waals surface area contributed by atoms with Gasteiger partial charge in [0.1, 0.15) is 0 Å². The molecule has 1 heterocycles. The van der Waals surface area contributed by atoms with Crippen LogP contribution in [0.15, 0.2) is 53.4 Å². The van der Waals surface area contributed by atoms with Crippen molar-refractivity contribution in [2.24, 2.45) is 0 Å². The lowest BCUT2D eigenvalue weighted by molar-refractivity contribution is -0.000399. The Labute approximate surface area is 185 Å². The number of amides is 1. The largest absolute Gasteiger partial charge is 0.373 e. The Hall–Kier alpha value is -2.22. The molecular formula is C24H32N2O4S. The number of piperidine rings is 1. The van der Waals surface area contributed by atoms with Crippen molar-refractivity contribution in [1.82, 2.24) is 9.62 Å². The molecule has 1 saturated heterocycles. The summed E-state index contributed by atoms with van der Waals surface area (Å²) >= 11 is 0. The van der Waals surface area contributed by atoms with Crippen LogP contribution >= 0.6 is 0 Å². The van der Waals surface area contributed by atoms with Gasteiger partial charge < -0.3 is 9.64 Å². The SMILES string of the molecule is Cc1ccc(S(=O)(=O)NC(C)(C)C)cc1C(=O)N1CCC(OCc2ccccc2)CC1. The van der Waals surface area contributed by atoms with Crippen LogP contribution in [-0.2, 0) is 21.4 Å². The van der Waals surface area contributed by atoms with Gasteiger partial charge in [0.15, 0.2) is 0 Å². The van der Waals surface area contributed by atoms with Crippen LogP contribution in [0.2, 0.25) is 0 Å². The fourth-order valence-corrected chi connectivity index (χ4v) is 5.09. The molecule has 2 aromatic rings. The summed E-state index contributed by atoms with van der Waals surface area (Å²) in [5, 5.41) is 0. The van der Waals surface area contributed by atoms with E-state index >= 15 is 0 Å². The molecule has 7 heteroatoms. The van der Waals surface area contributed by atoms with Gasteiger partial charge in [-0.05, 0) is 63.8 Å². The normalized spacial score (nSPS) is 15.8. The highest BCUT2D eigenvalue weighted by Gasteiger charge is 2.27. The Morgan fingerprint density at radius 2 is 1.74 bits per heavy atom. The smallest absolute Gasteiger partial charge is 0.254 e. The van der Waals surface area contributed by atoms with Crippen molar-refractivity contribution in [3.05, 3.63) is 65.2 Å². The van der Waals surface area contributed by atoms with Crippen LogP contribution in [0.3, 0.4) is 0 Å². The molecule has 2 aromatic carbocycles. The molecule has 1 N–H and O–H groups in total. The van der Waals surface area contributed by atoms with E-state index in [1.165, 1.54) is 6.07 Å². The van der Waals surface area contributed by atoms with Crippen LogP contribution in [-0.4, -0.2) is 44.0 Å². The lowest BCUT2D eigenvalue weighted by Gasteiger charge is -2.32. The summed E-state index contributed by atoms with van der Waals surface area (Å²) in [5.74, 6) is -0.133. The van der Waals surface area contributed by atoms with E-state index in [0.29, 0.717) is 25.3 Å². The predicted octanol–water partition coefficient (Wildman–Crippen LogP) is 3.89. The number of carbonyl (C=O) groups is 1. The quantitative estimate of drug-likeness (QED) is 0.733. The van der Waals surface area contributed by atoms with Gasteiger partial charge in [0.25, 0.3) is 5.91 Å². The van der Waals surface area contributed by atoms with Crippen molar-refractivity contribution in [2.45, 2.75) is 63.7 Å². The van der Waals surface area contributed by atoms with Gasteiger partial charge in [0.05, 0.1) is 17.6 Å². The van der Waals surface area contributed by atoms with E-state index in [2.05, 4.69) is 4.72 Å². The molecule has 6 nitrogen and oxygen atoms in total. The van der Waals surface area contributed by atoms with Crippen LogP contribution in [0.4, 0.5) is 0 Å². The minimum Gasteiger partial charge on any atom is -0.373 e. The van der Waals surface area contributed by atoms with Gasteiger partial charge in [-0.25, -0.2) is 13.1 Å². The third kappa shape index (κ3) is 6.38. The van der Waals surface area contributed by atoms with Crippen molar-refractivity contribution >= 4 is 15.9 Å². The Balaban J connectivity index is 1.64. The standard InChI is InChI=1S/C24H32N2O4S/c1-18-10-11-21(31(28,29)25-24(2,3)4)16-22(18)23(27)26-14-12-20(13-15-26)30-17-19-8-6-5-7-9-19/h5-11,16,20,25H,12-15,17H2,1-4H3. The number of likely N-dealkylation sites (tertiary alicyclic amines) is 1. The average Bonchev–Trinajstić information content (AvgIpc) is 2.71. The molecule has 3 rings (SSSR count). The van der Waals surface area contributed by atoms with Gasteiger partial charge in [0, 0.05) is 24.2 Å². The zero-order chi connectivity index (χ0) is 22.6. The minimum atomic E-state index is -3.70. The van der Waals surface area contributed by atoms with E-state index in [4.69, 9.17) is 4.74 Å². The fraction of sp³-hybridized carbons (Fsp3) is 0.458. The van der Waals surface area contributed by atoms with Gasteiger partial charge in [-0.1, -0.05) is 36.4 Å². The van der Waals surface area contributed by atoms with Gasteiger partial charge in [-0.2, -0.15) is 0 Å². The maximum Gasteiger partial charge on any atom is 0.254 e. The van der Waals surface area contributed by atoms with E-state index in [0.717, 1.165) is 24.0 Å². The van der Waals surface area contributed by atoms with Crippen LogP contribution in [0.5, 0.6) is 0 Å². The molecule has 31 heavy (non-hydrogen) atoms. The molecule has 1 amide bonds. The zero-order valence-electron chi connectivity index (χ0n) is 18.7. The topological polar surface area (TPSA) is 75.7 Å². The van der Waals surface area contributed by atoms with Crippen molar-refractivity contribution < 1.29 is 17.9 Å². The number of aryl methyl sites for hydroxylation is 1. The van der Waals surface area contributed by atoms with Crippen molar-refractivity contribution in [3.8, 4) is 0 Å². The number of rotatable bonds is 6. The number of sulfonamides is 1. The van der Waals surface area contributed by atoms with Gasteiger partial charge in [0.2, 0.25) is 10.0 Å². The summed E-state index contributed by atoms with van der Waals surface area (Å²) < 4.78 is 34.0. The Kier molecular flexibility index (Phi) is 7.19. The molecular weight excluding hydrogens is 412 g/mol. The first-order chi connectivity index (χ1) is 14.5. The second kappa shape index (κ2) is 9.51. The third-order valence-electron chi connectivity index (χ3n) is 5.25. The maximum atomic E-state index is 13.1. The Bertz CT molecular complexity index is 1010. The number of hydrogen-bond donors (Lipinski definition) is 1. The van der Waals surface area contributed by atoms with Crippen molar-refractivity contribution in [1.29, 1.82) is 0 Å². The van der Waals surface area contributed by atoms with E-state index < -0.39 is 15.6 Å². The van der Waals surface area contributed by atoms with Crippen LogP contribution in [0.25, 0.3) is 0 Å². The average molecular weight is 445 g/mol. The predicted molar refractivity (Wildman–Crippen MR) is 121 cm³/mol. The van der Waals surface area contributed by atoms with E-state index in [-0.39, 0.29) is 16.9 Å².